The van der Waals surface area contributed by atoms with Crippen molar-refractivity contribution < 1.29 is 36.2 Å². The van der Waals surface area contributed by atoms with E-state index in [9.17, 15) is 26.7 Å². The van der Waals surface area contributed by atoms with Crippen molar-refractivity contribution in [3.63, 3.8) is 0 Å². The van der Waals surface area contributed by atoms with Crippen LogP contribution in [0.25, 0.3) is 0 Å². The van der Waals surface area contributed by atoms with E-state index in [-0.39, 0.29) is 52.1 Å². The first-order chi connectivity index (χ1) is 22.2. The second-order valence-electron chi connectivity index (χ2n) is 12.1. The number of likely N-dealkylation sites (N-methyl/N-ethyl adjacent to an activating group) is 1. The molecule has 0 unspecified atom stereocenters. The fourth-order valence-corrected chi connectivity index (χ4v) is 8.54. The Labute approximate surface area is 282 Å². The van der Waals surface area contributed by atoms with Crippen LogP contribution in [0.2, 0.25) is 0 Å². The molecular formula is C33H45N3O8S3. The number of hydrogen-bond donors (Lipinski definition) is 2. The zero-order chi connectivity index (χ0) is 34.4. The third-order valence-electron chi connectivity index (χ3n) is 8.23. The lowest BCUT2D eigenvalue weighted by Gasteiger charge is -2.35. The van der Waals surface area contributed by atoms with Crippen LogP contribution in [0.4, 0.5) is 5.69 Å². The number of thiophene rings is 1. The highest BCUT2D eigenvalue weighted by molar-refractivity contribution is 7.94. The van der Waals surface area contributed by atoms with Gasteiger partial charge in [0.05, 0.1) is 35.3 Å². The topological polar surface area (TPSA) is 143 Å². The molecule has 1 aromatic heterocycles. The molecule has 4 atom stereocenters. The molecule has 0 saturated heterocycles. The van der Waals surface area contributed by atoms with Gasteiger partial charge in [-0.25, -0.2) is 16.8 Å². The van der Waals surface area contributed by atoms with Crippen LogP contribution in [0.1, 0.15) is 56.0 Å². The van der Waals surface area contributed by atoms with Crippen LogP contribution in [0.15, 0.2) is 69.1 Å². The molecule has 14 heteroatoms. The molecule has 1 aliphatic heterocycles. The minimum Gasteiger partial charge on any atom is -0.490 e. The summed E-state index contributed by atoms with van der Waals surface area (Å²) in [6, 6.07) is 13.8. The first-order valence-corrected chi connectivity index (χ1v) is 19.5. The Hall–Kier alpha value is -3.01. The maximum atomic E-state index is 14.3. The number of benzene rings is 2. The third-order valence-corrected chi connectivity index (χ3v) is 12.8. The number of rotatable bonds is 9. The van der Waals surface area contributed by atoms with Crippen molar-refractivity contribution >= 4 is 43.0 Å². The molecule has 47 heavy (non-hydrogen) atoms. The van der Waals surface area contributed by atoms with E-state index in [0.29, 0.717) is 18.8 Å². The molecular weight excluding hydrogens is 663 g/mol. The maximum absolute atomic E-state index is 14.3. The Morgan fingerprint density at radius 1 is 1.09 bits per heavy atom. The Kier molecular flexibility index (Phi) is 12.5. The summed E-state index contributed by atoms with van der Waals surface area (Å²) in [6.45, 7) is 7.64. The normalized spacial score (nSPS) is 21.0. The summed E-state index contributed by atoms with van der Waals surface area (Å²) in [5.74, 6) is -0.511. The van der Waals surface area contributed by atoms with Gasteiger partial charge >= 0.3 is 0 Å². The number of carbonyl (C=O) groups excluding carboxylic acids is 1. The minimum absolute atomic E-state index is 0.0532. The highest BCUT2D eigenvalue weighted by Crippen LogP contribution is 2.30. The van der Waals surface area contributed by atoms with Crippen LogP contribution < -0.4 is 9.46 Å². The molecule has 1 aliphatic rings. The molecule has 11 nitrogen and oxygen atoms in total. The average molecular weight is 708 g/mol. The van der Waals surface area contributed by atoms with Gasteiger partial charge in [0.25, 0.3) is 15.9 Å². The molecule has 2 heterocycles. The smallest absolute Gasteiger partial charge is 0.271 e. The number of ether oxygens (including phenoxy) is 2. The van der Waals surface area contributed by atoms with Gasteiger partial charge in [-0.1, -0.05) is 30.7 Å². The summed E-state index contributed by atoms with van der Waals surface area (Å²) in [5, 5.41) is 11.9. The molecule has 258 valence electrons. The molecule has 3 aromatic rings. The zero-order valence-electron chi connectivity index (χ0n) is 27.5. The molecule has 0 fully saturated rings. The highest BCUT2D eigenvalue weighted by atomic mass is 32.2. The Morgan fingerprint density at radius 2 is 1.81 bits per heavy atom. The number of aliphatic hydroxyl groups excluding tert-OH is 1. The molecule has 4 rings (SSSR count). The lowest BCUT2D eigenvalue weighted by Crippen LogP contribution is -2.48. The molecule has 0 aliphatic carbocycles. The van der Waals surface area contributed by atoms with E-state index >= 15 is 0 Å². The summed E-state index contributed by atoms with van der Waals surface area (Å²) in [5.41, 5.74) is 1.28. The van der Waals surface area contributed by atoms with Crippen molar-refractivity contribution in [2.24, 2.45) is 5.92 Å². The van der Waals surface area contributed by atoms with E-state index in [1.54, 1.807) is 54.8 Å². The zero-order valence-corrected chi connectivity index (χ0v) is 29.9. The number of nitrogens with zero attached hydrogens (tertiary/aromatic N) is 2. The Morgan fingerprint density at radius 3 is 2.47 bits per heavy atom. The SMILES string of the molecule is Cc1ccc(S(=O)(=O)N(C)C[C@@H]2OCCCC[C@H](C)Oc3ccc(NS(=O)(=O)c4cccs4)cc3C(=O)N([C@H](C)CO)C[C@@H]2C)cc1. The van der Waals surface area contributed by atoms with E-state index in [4.69, 9.17) is 9.47 Å². The van der Waals surface area contributed by atoms with Crippen LogP contribution in [0, 0.1) is 12.8 Å². The quantitative estimate of drug-likeness (QED) is 0.318. The molecule has 0 bridgehead atoms. The molecule has 0 saturated carbocycles. The van der Waals surface area contributed by atoms with Crippen LogP contribution in [-0.2, 0) is 24.8 Å². The minimum atomic E-state index is -3.88. The van der Waals surface area contributed by atoms with Gasteiger partial charge in [0.1, 0.15) is 9.96 Å². The summed E-state index contributed by atoms with van der Waals surface area (Å²) < 4.78 is 69.4. The molecule has 2 aromatic carbocycles. The lowest BCUT2D eigenvalue weighted by molar-refractivity contribution is -0.00833. The van der Waals surface area contributed by atoms with Crippen molar-refractivity contribution in [3.8, 4) is 5.75 Å². The van der Waals surface area contributed by atoms with Gasteiger partial charge in [-0.05, 0) is 81.8 Å². The van der Waals surface area contributed by atoms with Crippen molar-refractivity contribution in [2.45, 2.75) is 74.3 Å². The second-order valence-corrected chi connectivity index (χ2v) is 17.0. The number of anilines is 1. The van der Waals surface area contributed by atoms with Crippen LogP contribution in [-0.4, -0.2) is 88.7 Å². The predicted octanol–water partition coefficient (Wildman–Crippen LogP) is 4.97. The largest absolute Gasteiger partial charge is 0.490 e. The fourth-order valence-electron chi connectivity index (χ4n) is 5.31. The van der Waals surface area contributed by atoms with Crippen LogP contribution >= 0.6 is 11.3 Å². The number of sulfonamides is 2. The van der Waals surface area contributed by atoms with E-state index < -0.39 is 38.1 Å². The number of aryl methyl sites for hydroxylation is 1. The predicted molar refractivity (Wildman–Crippen MR) is 183 cm³/mol. The molecule has 0 spiro atoms. The summed E-state index contributed by atoms with van der Waals surface area (Å²) in [4.78, 5) is 16.0. The van der Waals surface area contributed by atoms with E-state index in [2.05, 4.69) is 4.72 Å². The average Bonchev–Trinajstić information content (AvgIpc) is 3.59. The van der Waals surface area contributed by atoms with Gasteiger partial charge < -0.3 is 19.5 Å². The summed E-state index contributed by atoms with van der Waals surface area (Å²) in [6.07, 6.45) is 1.33. The number of hydrogen-bond acceptors (Lipinski definition) is 9. The molecule has 2 N–H and O–H groups in total. The summed E-state index contributed by atoms with van der Waals surface area (Å²) >= 11 is 1.08. The number of carbonyl (C=O) groups is 1. The summed E-state index contributed by atoms with van der Waals surface area (Å²) in [7, 11) is -6.17. The lowest BCUT2D eigenvalue weighted by atomic mass is 10.0. The van der Waals surface area contributed by atoms with Crippen molar-refractivity contribution in [1.82, 2.24) is 9.21 Å². The standard InChI is InChI=1S/C33H45N3O8S3/c1-23-11-14-28(15-12-23)47(41,42)35(5)21-31-24(2)20-36(25(3)22-37)33(38)29-19-27(34-46(39,40)32-10-8-18-45-32)13-16-30(29)44-26(4)9-6-7-17-43-31/h8,10-16,18-19,24-26,31,34,37H,6-7,9,17,20-22H2,1-5H3/t24-,25+,26-,31-/m0/s1. The van der Waals surface area contributed by atoms with Crippen LogP contribution in [0.3, 0.4) is 0 Å². The number of amides is 1. The number of nitrogens with one attached hydrogen (secondary N) is 1. The molecule has 1 amide bonds. The van der Waals surface area contributed by atoms with Gasteiger partial charge in [-0.2, -0.15) is 4.31 Å². The monoisotopic (exact) mass is 707 g/mol. The van der Waals surface area contributed by atoms with Gasteiger partial charge in [0.15, 0.2) is 0 Å². The van der Waals surface area contributed by atoms with E-state index in [1.807, 2.05) is 20.8 Å². The van der Waals surface area contributed by atoms with E-state index in [1.165, 1.54) is 28.4 Å². The van der Waals surface area contributed by atoms with Gasteiger partial charge in [-0.3, -0.25) is 9.52 Å². The highest BCUT2D eigenvalue weighted by Gasteiger charge is 2.32. The van der Waals surface area contributed by atoms with Crippen molar-refractivity contribution in [3.05, 3.63) is 71.1 Å². The molecule has 0 radical (unpaired) electrons. The van der Waals surface area contributed by atoms with Crippen LogP contribution in [0.5, 0.6) is 5.75 Å². The van der Waals surface area contributed by atoms with Crippen molar-refractivity contribution in [2.75, 3.05) is 38.1 Å². The van der Waals surface area contributed by atoms with Crippen molar-refractivity contribution in [1.29, 1.82) is 0 Å². The fraction of sp³-hybridized carbons (Fsp3) is 0.485. The first kappa shape index (κ1) is 36.8. The number of aliphatic hydroxyl groups is 1. The van der Waals surface area contributed by atoms with E-state index in [0.717, 1.165) is 29.7 Å². The Balaban J connectivity index is 1.67. The second kappa shape index (κ2) is 15.9. The maximum Gasteiger partial charge on any atom is 0.271 e. The number of fused-ring (bicyclic) bond motifs is 1. The van der Waals surface area contributed by atoms with Gasteiger partial charge in [-0.15, -0.1) is 11.3 Å². The third kappa shape index (κ3) is 9.33. The van der Waals surface area contributed by atoms with Gasteiger partial charge in [0, 0.05) is 38.3 Å². The van der Waals surface area contributed by atoms with Gasteiger partial charge in [0.2, 0.25) is 10.0 Å². The Bertz CT molecular complexity index is 1700. The first-order valence-electron chi connectivity index (χ1n) is 15.7.